The number of ether oxygens (including phenoxy) is 2. The molecule has 0 aliphatic heterocycles. The minimum atomic E-state index is -3.64. The molecule has 0 radical (unpaired) electrons. The number of carbonyl (C=O) groups is 2. The van der Waals surface area contributed by atoms with Crippen molar-refractivity contribution in [1.82, 2.24) is 14.9 Å². The number of halogens is 1. The molecule has 0 atom stereocenters. The predicted molar refractivity (Wildman–Crippen MR) is 164 cm³/mol. The second-order valence-electron chi connectivity index (χ2n) is 10.2. The van der Waals surface area contributed by atoms with E-state index < -0.39 is 27.6 Å². The summed E-state index contributed by atoms with van der Waals surface area (Å²) in [5, 5.41) is 6.73. The number of nitrogens with zero attached hydrogens (tertiary/aromatic N) is 3. The van der Waals surface area contributed by atoms with E-state index in [4.69, 9.17) is 13.7 Å². The van der Waals surface area contributed by atoms with Crippen molar-refractivity contribution in [2.45, 2.75) is 26.4 Å². The lowest BCUT2D eigenvalue weighted by molar-refractivity contribution is -0.156. The molecule has 1 amide bonds. The van der Waals surface area contributed by atoms with Crippen molar-refractivity contribution in [2.75, 3.05) is 50.2 Å². The maximum atomic E-state index is 12.8. The number of rotatable bonds is 13. The highest BCUT2D eigenvalue weighted by molar-refractivity contribution is 9.10. The fraction of sp³-hybridized carbons (Fsp3) is 0.357. The first-order valence-corrected chi connectivity index (χ1v) is 15.4. The second kappa shape index (κ2) is 14.5. The van der Waals surface area contributed by atoms with Crippen LogP contribution in [0.1, 0.15) is 20.8 Å². The summed E-state index contributed by atoms with van der Waals surface area (Å²) in [7, 11) is -2.16. The molecule has 0 fully saturated rings. The molecule has 2 aromatic carbocycles. The molecule has 14 heteroatoms. The van der Waals surface area contributed by atoms with Gasteiger partial charge in [0.2, 0.25) is 5.91 Å². The fourth-order valence-corrected chi connectivity index (χ4v) is 4.52. The predicted octanol–water partition coefficient (Wildman–Crippen LogP) is 4.26. The lowest BCUT2D eigenvalue weighted by Gasteiger charge is -2.24. The molecule has 2 N–H and O–H groups in total. The molecule has 1 heterocycles. The smallest absolute Gasteiger partial charge is 0.320 e. The van der Waals surface area contributed by atoms with Gasteiger partial charge in [-0.2, -0.15) is 8.42 Å². The van der Waals surface area contributed by atoms with Gasteiger partial charge in [-0.05, 0) is 45.0 Å². The molecular weight excluding hydrogens is 630 g/mol. The molecule has 3 rings (SSSR count). The summed E-state index contributed by atoms with van der Waals surface area (Å²) < 4.78 is 39.2. The van der Waals surface area contributed by atoms with Crippen molar-refractivity contribution < 1.29 is 31.7 Å². The van der Waals surface area contributed by atoms with Crippen LogP contribution in [0, 0.1) is 0 Å². The van der Waals surface area contributed by atoms with Crippen LogP contribution >= 0.6 is 15.9 Å². The summed E-state index contributed by atoms with van der Waals surface area (Å²) >= 11 is 3.46. The Bertz CT molecular complexity index is 1560. The van der Waals surface area contributed by atoms with Gasteiger partial charge in [0.1, 0.15) is 23.5 Å². The number of amides is 1. The molecule has 0 aliphatic rings. The number of benzene rings is 2. The Balaban J connectivity index is 1.74. The number of aromatic nitrogens is 2. The van der Waals surface area contributed by atoms with E-state index in [0.29, 0.717) is 28.2 Å². The lowest BCUT2D eigenvalue weighted by atomic mass is 10.2. The topological polar surface area (TPSA) is 149 Å². The SMILES string of the molecule is COc1cc2ncnc(Nc3cccc(Br)c3)c2cc1NC(=O)C=CCN(CCOS(C)(=O)=O)CC(=O)OC(C)(C)C. The zero-order chi connectivity index (χ0) is 30.9. The van der Waals surface area contributed by atoms with Crippen LogP contribution in [0.2, 0.25) is 0 Å². The first kappa shape index (κ1) is 32.9. The third kappa shape index (κ3) is 11.0. The van der Waals surface area contributed by atoms with Crippen LogP contribution in [0.5, 0.6) is 5.75 Å². The molecule has 42 heavy (non-hydrogen) atoms. The summed E-state index contributed by atoms with van der Waals surface area (Å²) in [6.45, 7) is 5.24. The van der Waals surface area contributed by atoms with Gasteiger partial charge in [0.25, 0.3) is 10.1 Å². The van der Waals surface area contributed by atoms with E-state index in [1.165, 1.54) is 19.5 Å². The molecule has 0 saturated heterocycles. The Morgan fingerprint density at radius 3 is 2.57 bits per heavy atom. The van der Waals surface area contributed by atoms with Crippen LogP contribution in [0.25, 0.3) is 10.9 Å². The van der Waals surface area contributed by atoms with Gasteiger partial charge < -0.3 is 20.1 Å². The quantitative estimate of drug-likeness (QED) is 0.153. The Labute approximate surface area is 253 Å². The van der Waals surface area contributed by atoms with Gasteiger partial charge in [0, 0.05) is 40.8 Å². The normalized spacial score (nSPS) is 12.1. The second-order valence-corrected chi connectivity index (χ2v) is 12.7. The molecule has 0 spiro atoms. The fourth-order valence-electron chi connectivity index (χ4n) is 3.75. The molecule has 0 aliphatic carbocycles. The van der Waals surface area contributed by atoms with Crippen molar-refractivity contribution in [3.05, 3.63) is 59.4 Å². The van der Waals surface area contributed by atoms with Gasteiger partial charge in [-0.25, -0.2) is 9.97 Å². The highest BCUT2D eigenvalue weighted by Crippen LogP contribution is 2.33. The summed E-state index contributed by atoms with van der Waals surface area (Å²) in [5.74, 6) is 0.00688. The highest BCUT2D eigenvalue weighted by atomic mass is 79.9. The number of fused-ring (bicyclic) bond motifs is 1. The molecule has 3 aromatic rings. The molecule has 0 unspecified atom stereocenters. The van der Waals surface area contributed by atoms with Gasteiger partial charge in [0.15, 0.2) is 0 Å². The van der Waals surface area contributed by atoms with E-state index in [0.717, 1.165) is 16.4 Å². The van der Waals surface area contributed by atoms with Crippen LogP contribution in [0.4, 0.5) is 17.2 Å². The molecule has 0 saturated carbocycles. The summed E-state index contributed by atoms with van der Waals surface area (Å²) in [6, 6.07) is 11.0. The lowest BCUT2D eigenvalue weighted by Crippen LogP contribution is -2.37. The van der Waals surface area contributed by atoms with Crippen LogP contribution in [-0.4, -0.2) is 80.4 Å². The average molecular weight is 665 g/mol. The largest absolute Gasteiger partial charge is 0.494 e. The zero-order valence-corrected chi connectivity index (χ0v) is 26.4. The maximum absolute atomic E-state index is 12.8. The van der Waals surface area contributed by atoms with E-state index in [1.807, 2.05) is 24.3 Å². The molecule has 0 bridgehead atoms. The van der Waals surface area contributed by atoms with Gasteiger partial charge >= 0.3 is 5.97 Å². The molecule has 1 aromatic heterocycles. The Hall–Kier alpha value is -3.59. The van der Waals surface area contributed by atoms with Gasteiger partial charge in [-0.3, -0.25) is 18.7 Å². The Kier molecular flexibility index (Phi) is 11.4. The number of anilines is 3. The van der Waals surface area contributed by atoms with E-state index in [1.54, 1.807) is 43.9 Å². The monoisotopic (exact) mass is 663 g/mol. The average Bonchev–Trinajstić information content (AvgIpc) is 2.86. The standard InChI is InChI=1S/C28H34BrN5O7S/c1-28(2,3)41-26(36)17-34(12-13-40-42(5,37)38)11-7-10-25(35)33-23-15-21-22(16-24(23)39-4)30-18-31-27(21)32-20-9-6-8-19(29)14-20/h6-10,14-16,18H,11-13,17H2,1-5H3,(H,33,35)(H,30,31,32). The van der Waals surface area contributed by atoms with Crippen molar-refractivity contribution in [1.29, 1.82) is 0 Å². The van der Waals surface area contributed by atoms with Crippen LogP contribution in [0.15, 0.2) is 59.4 Å². The summed E-state index contributed by atoms with van der Waals surface area (Å²) in [5.41, 5.74) is 1.14. The number of methoxy groups -OCH3 is 1. The van der Waals surface area contributed by atoms with Crippen molar-refractivity contribution >= 4 is 66.0 Å². The zero-order valence-electron chi connectivity index (χ0n) is 24.0. The minimum Gasteiger partial charge on any atom is -0.494 e. The number of hydrogen-bond acceptors (Lipinski definition) is 11. The van der Waals surface area contributed by atoms with Crippen molar-refractivity contribution in [2.24, 2.45) is 0 Å². The maximum Gasteiger partial charge on any atom is 0.320 e. The third-order valence-corrected chi connectivity index (χ3v) is 6.50. The first-order valence-electron chi connectivity index (χ1n) is 12.8. The summed E-state index contributed by atoms with van der Waals surface area (Å²) in [4.78, 5) is 35.5. The van der Waals surface area contributed by atoms with Crippen molar-refractivity contribution in [3.63, 3.8) is 0 Å². The van der Waals surface area contributed by atoms with Gasteiger partial charge in [-0.1, -0.05) is 28.1 Å². The molecule has 12 nitrogen and oxygen atoms in total. The first-order chi connectivity index (χ1) is 19.7. The van der Waals surface area contributed by atoms with Gasteiger partial charge in [0.05, 0.1) is 37.7 Å². The highest BCUT2D eigenvalue weighted by Gasteiger charge is 2.19. The number of esters is 1. The van der Waals surface area contributed by atoms with Gasteiger partial charge in [-0.15, -0.1) is 0 Å². The van der Waals surface area contributed by atoms with E-state index in [9.17, 15) is 18.0 Å². The summed E-state index contributed by atoms with van der Waals surface area (Å²) in [6.07, 6.45) is 5.25. The van der Waals surface area contributed by atoms with Crippen LogP contribution in [-0.2, 0) is 28.6 Å². The van der Waals surface area contributed by atoms with E-state index in [-0.39, 0.29) is 26.2 Å². The third-order valence-electron chi connectivity index (χ3n) is 5.41. The number of nitrogens with one attached hydrogen (secondary N) is 2. The van der Waals surface area contributed by atoms with Crippen LogP contribution in [0.3, 0.4) is 0 Å². The van der Waals surface area contributed by atoms with Crippen LogP contribution < -0.4 is 15.4 Å². The molecule has 226 valence electrons. The Morgan fingerprint density at radius 1 is 1.14 bits per heavy atom. The van der Waals surface area contributed by atoms with E-state index >= 15 is 0 Å². The number of hydrogen-bond donors (Lipinski definition) is 2. The van der Waals surface area contributed by atoms with Crippen molar-refractivity contribution in [3.8, 4) is 5.75 Å². The number of carbonyl (C=O) groups excluding carboxylic acids is 2. The molecular formula is C28H34BrN5O7S. The van der Waals surface area contributed by atoms with E-state index in [2.05, 4.69) is 36.5 Å². The Morgan fingerprint density at radius 2 is 1.90 bits per heavy atom. The minimum absolute atomic E-state index is 0.116.